The highest BCUT2D eigenvalue weighted by atomic mass is 35.5. The van der Waals surface area contributed by atoms with Crippen LogP contribution in [0.5, 0.6) is 0 Å². The highest BCUT2D eigenvalue weighted by Crippen LogP contribution is 2.24. The van der Waals surface area contributed by atoms with Crippen LogP contribution in [0, 0.1) is 13.8 Å². The van der Waals surface area contributed by atoms with Gasteiger partial charge in [-0.1, -0.05) is 6.07 Å². The smallest absolute Gasteiger partial charge is 0.242 e. The van der Waals surface area contributed by atoms with Gasteiger partial charge in [-0.3, -0.25) is 10.1 Å². The predicted octanol–water partition coefficient (Wildman–Crippen LogP) is 2.98. The van der Waals surface area contributed by atoms with Gasteiger partial charge in [-0.25, -0.2) is 4.98 Å². The number of carbonyl (C=O) groups excluding carboxylic acids is 1. The van der Waals surface area contributed by atoms with Crippen LogP contribution in [-0.4, -0.2) is 28.6 Å². The van der Waals surface area contributed by atoms with Crippen LogP contribution in [0.2, 0.25) is 0 Å². The predicted molar refractivity (Wildman–Crippen MR) is 91.5 cm³/mol. The minimum Gasteiger partial charge on any atom is -0.441 e. The zero-order valence-electron chi connectivity index (χ0n) is 12.4. The molecule has 0 spiro atoms. The molecular weight excluding hydrogens is 322 g/mol. The molecule has 1 fully saturated rings. The third-order valence-electron chi connectivity index (χ3n) is 3.44. The molecule has 118 valence electrons. The van der Waals surface area contributed by atoms with E-state index < -0.39 is 0 Å². The molecule has 0 radical (unpaired) electrons. The Hall–Kier alpha value is -1.50. The van der Waals surface area contributed by atoms with Gasteiger partial charge in [0.2, 0.25) is 11.8 Å². The van der Waals surface area contributed by atoms with Crippen molar-refractivity contribution in [3.63, 3.8) is 0 Å². The Bertz CT molecular complexity index is 649. The molecule has 7 heteroatoms. The van der Waals surface area contributed by atoms with E-state index in [2.05, 4.69) is 15.6 Å². The fraction of sp³-hybridized carbons (Fsp3) is 0.333. The number of hydrogen-bond acceptors (Lipinski definition) is 5. The first-order valence-electron chi connectivity index (χ1n) is 6.80. The molecule has 1 aromatic heterocycles. The molecule has 2 N–H and O–H groups in total. The van der Waals surface area contributed by atoms with Gasteiger partial charge in [0, 0.05) is 22.9 Å². The van der Waals surface area contributed by atoms with Crippen LogP contribution in [0.4, 0.5) is 5.69 Å². The van der Waals surface area contributed by atoms with Crippen molar-refractivity contribution in [2.24, 2.45) is 0 Å². The molecule has 0 bridgehead atoms. The highest BCUT2D eigenvalue weighted by molar-refractivity contribution is 7.99. The highest BCUT2D eigenvalue weighted by Gasteiger charge is 2.22. The molecule has 1 saturated heterocycles. The summed E-state index contributed by atoms with van der Waals surface area (Å²) in [4.78, 5) is 16.5. The van der Waals surface area contributed by atoms with Crippen LogP contribution >= 0.6 is 24.2 Å². The maximum atomic E-state index is 12.1. The Morgan fingerprint density at radius 3 is 2.91 bits per heavy atom. The van der Waals surface area contributed by atoms with E-state index in [1.165, 1.54) is 0 Å². The Balaban J connectivity index is 0.00000176. The quantitative estimate of drug-likeness (QED) is 0.899. The lowest BCUT2D eigenvalue weighted by atomic mass is 10.2. The number of aryl methyl sites for hydroxylation is 2. The number of carbonyl (C=O) groups is 1. The summed E-state index contributed by atoms with van der Waals surface area (Å²) in [6.07, 6.45) is 0. The summed E-state index contributed by atoms with van der Waals surface area (Å²) in [5, 5.41) is 6.08. The SMILES string of the molecule is Cc1nc(-c2cccc(NC(=O)C3CSCN3)c2)oc1C.Cl. The van der Waals surface area contributed by atoms with E-state index in [0.29, 0.717) is 5.89 Å². The van der Waals surface area contributed by atoms with Crippen molar-refractivity contribution < 1.29 is 9.21 Å². The summed E-state index contributed by atoms with van der Waals surface area (Å²) in [6, 6.07) is 7.43. The van der Waals surface area contributed by atoms with Crippen LogP contribution in [0.3, 0.4) is 0 Å². The Kier molecular flexibility index (Phi) is 5.50. The summed E-state index contributed by atoms with van der Waals surface area (Å²) < 4.78 is 5.62. The topological polar surface area (TPSA) is 67.2 Å². The van der Waals surface area contributed by atoms with Crippen molar-refractivity contribution in [2.75, 3.05) is 16.9 Å². The average Bonchev–Trinajstić information content (AvgIpc) is 3.10. The molecular formula is C15H18ClN3O2S. The number of anilines is 1. The fourth-order valence-corrected chi connectivity index (χ4v) is 3.06. The summed E-state index contributed by atoms with van der Waals surface area (Å²) >= 11 is 1.73. The number of nitrogens with one attached hydrogen (secondary N) is 2. The largest absolute Gasteiger partial charge is 0.441 e. The number of aromatic nitrogens is 1. The third-order valence-corrected chi connectivity index (χ3v) is 4.38. The lowest BCUT2D eigenvalue weighted by Gasteiger charge is -2.10. The van der Waals surface area contributed by atoms with Crippen molar-refractivity contribution in [1.29, 1.82) is 0 Å². The molecule has 2 heterocycles. The minimum atomic E-state index is -0.120. The number of rotatable bonds is 3. The third kappa shape index (κ3) is 3.63. The molecule has 1 atom stereocenters. The summed E-state index contributed by atoms with van der Waals surface area (Å²) in [7, 11) is 0. The van der Waals surface area contributed by atoms with Gasteiger partial charge in [-0.15, -0.1) is 24.2 Å². The second-order valence-corrected chi connectivity index (χ2v) is 6.03. The number of halogens is 1. The average molecular weight is 340 g/mol. The van der Waals surface area contributed by atoms with E-state index in [1.807, 2.05) is 38.1 Å². The summed E-state index contributed by atoms with van der Waals surface area (Å²) in [5.74, 6) is 3.02. The molecule has 3 rings (SSSR count). The summed E-state index contributed by atoms with van der Waals surface area (Å²) in [5.41, 5.74) is 2.49. The van der Waals surface area contributed by atoms with Gasteiger partial charge in [-0.2, -0.15) is 0 Å². The first kappa shape index (κ1) is 16.9. The molecule has 22 heavy (non-hydrogen) atoms. The standard InChI is InChI=1S/C15H17N3O2S.ClH/c1-9-10(2)20-15(17-9)11-4-3-5-12(6-11)18-14(19)13-7-21-8-16-13;/h3-6,13,16H,7-8H2,1-2H3,(H,18,19);1H. The minimum absolute atomic E-state index is 0. The van der Waals surface area contributed by atoms with Gasteiger partial charge < -0.3 is 9.73 Å². The summed E-state index contributed by atoms with van der Waals surface area (Å²) in [6.45, 7) is 3.80. The van der Waals surface area contributed by atoms with Gasteiger partial charge in [-0.05, 0) is 32.0 Å². The van der Waals surface area contributed by atoms with Crippen molar-refractivity contribution in [3.05, 3.63) is 35.7 Å². The maximum Gasteiger partial charge on any atom is 0.242 e. The molecule has 2 aromatic rings. The Morgan fingerprint density at radius 2 is 2.27 bits per heavy atom. The van der Waals surface area contributed by atoms with E-state index >= 15 is 0 Å². The second-order valence-electron chi connectivity index (χ2n) is 5.00. The number of amides is 1. The van der Waals surface area contributed by atoms with E-state index in [9.17, 15) is 4.79 Å². The second kappa shape index (κ2) is 7.17. The zero-order valence-corrected chi connectivity index (χ0v) is 14.0. The van der Waals surface area contributed by atoms with Crippen molar-refractivity contribution in [3.8, 4) is 11.5 Å². The van der Waals surface area contributed by atoms with Gasteiger partial charge in [0.15, 0.2) is 0 Å². The Morgan fingerprint density at radius 1 is 1.45 bits per heavy atom. The number of oxazole rings is 1. The number of benzene rings is 1. The number of nitrogens with zero attached hydrogens (tertiary/aromatic N) is 1. The van der Waals surface area contributed by atoms with E-state index in [1.54, 1.807) is 11.8 Å². The zero-order chi connectivity index (χ0) is 14.8. The molecule has 0 aliphatic carbocycles. The van der Waals surface area contributed by atoms with Gasteiger partial charge >= 0.3 is 0 Å². The molecule has 5 nitrogen and oxygen atoms in total. The monoisotopic (exact) mass is 339 g/mol. The lowest BCUT2D eigenvalue weighted by molar-refractivity contribution is -0.117. The fourth-order valence-electron chi connectivity index (χ4n) is 2.12. The first-order chi connectivity index (χ1) is 10.1. The lowest BCUT2D eigenvalue weighted by Crippen LogP contribution is -2.37. The van der Waals surface area contributed by atoms with Gasteiger partial charge in [0.25, 0.3) is 0 Å². The normalized spacial score (nSPS) is 17.1. The first-order valence-corrected chi connectivity index (χ1v) is 7.95. The van der Waals surface area contributed by atoms with Crippen molar-refractivity contribution in [1.82, 2.24) is 10.3 Å². The molecule has 0 saturated carbocycles. The number of thioether (sulfide) groups is 1. The van der Waals surface area contributed by atoms with E-state index in [-0.39, 0.29) is 24.4 Å². The van der Waals surface area contributed by atoms with Crippen molar-refractivity contribution in [2.45, 2.75) is 19.9 Å². The molecule has 1 unspecified atom stereocenters. The van der Waals surface area contributed by atoms with Crippen molar-refractivity contribution >= 4 is 35.8 Å². The number of hydrogen-bond donors (Lipinski definition) is 2. The molecule has 1 aliphatic heterocycles. The van der Waals surface area contributed by atoms with Crippen LogP contribution in [0.15, 0.2) is 28.7 Å². The molecule has 1 aliphatic rings. The van der Waals surface area contributed by atoms with Gasteiger partial charge in [0.05, 0.1) is 11.7 Å². The molecule has 1 aromatic carbocycles. The van der Waals surface area contributed by atoms with Crippen LogP contribution in [0.1, 0.15) is 11.5 Å². The van der Waals surface area contributed by atoms with Gasteiger partial charge in [0.1, 0.15) is 5.76 Å². The van der Waals surface area contributed by atoms with E-state index in [4.69, 9.17) is 4.42 Å². The van der Waals surface area contributed by atoms with Crippen LogP contribution in [-0.2, 0) is 4.79 Å². The van der Waals surface area contributed by atoms with Crippen LogP contribution in [0.25, 0.3) is 11.5 Å². The van der Waals surface area contributed by atoms with Crippen LogP contribution < -0.4 is 10.6 Å². The van der Waals surface area contributed by atoms with E-state index in [0.717, 1.165) is 34.3 Å². The Labute approximate surface area is 139 Å². The molecule has 1 amide bonds. The maximum absolute atomic E-state index is 12.1.